The van der Waals surface area contributed by atoms with Crippen molar-refractivity contribution in [3.63, 3.8) is 0 Å². The molecule has 0 saturated carbocycles. The van der Waals surface area contributed by atoms with Crippen molar-refractivity contribution in [1.82, 2.24) is 0 Å². The van der Waals surface area contributed by atoms with E-state index >= 15 is 0 Å². The molecule has 0 aliphatic heterocycles. The van der Waals surface area contributed by atoms with Crippen LogP contribution in [0.4, 0.5) is 0 Å². The summed E-state index contributed by atoms with van der Waals surface area (Å²) in [7, 11) is 0. The quantitative estimate of drug-likeness (QED) is 0.145. The van der Waals surface area contributed by atoms with Gasteiger partial charge >= 0.3 is 329 Å². The van der Waals surface area contributed by atoms with Crippen LogP contribution >= 0.6 is 0 Å². The Kier molecular flexibility index (Phi) is 12.0. The van der Waals surface area contributed by atoms with Crippen LogP contribution in [0.5, 0.6) is 0 Å². The first-order valence-corrected chi connectivity index (χ1v) is 23.4. The van der Waals surface area contributed by atoms with E-state index in [1.165, 1.54) is 66.8 Å². The van der Waals surface area contributed by atoms with Crippen LogP contribution in [-0.4, -0.2) is 0 Å². The van der Waals surface area contributed by atoms with Gasteiger partial charge in [-0.15, -0.1) is 0 Å². The van der Waals surface area contributed by atoms with Crippen LogP contribution in [0.15, 0.2) is 118 Å². The first-order chi connectivity index (χ1) is 25.4. The van der Waals surface area contributed by atoms with Crippen molar-refractivity contribution in [1.29, 1.82) is 0 Å². The Morgan fingerprint density at radius 2 is 0.873 bits per heavy atom. The number of hydrogen-bond acceptors (Lipinski definition) is 2. The van der Waals surface area contributed by atoms with Gasteiger partial charge in [0.05, 0.1) is 0 Å². The van der Waals surface area contributed by atoms with Crippen molar-refractivity contribution in [2.75, 3.05) is 0 Å². The monoisotopic (exact) mass is 932 g/mol. The average Bonchev–Trinajstić information content (AvgIpc) is 3.96. The van der Waals surface area contributed by atoms with E-state index in [9.17, 15) is 0 Å². The molecule has 0 fully saturated rings. The SMILES string of the molecule is CCc1ccc(C2=Cc3c(-c4ccc(C(C)(C)C)cc4)cccc3[CH]2[Hf+2][CH]2C(c3ccc(CC)o3)=Cc3c(-c4ccc(C(C)(C)C)cc4)cccc32)o1.[Cl-].[Cl-]. The van der Waals surface area contributed by atoms with Crippen LogP contribution in [0, 0.1) is 0 Å². The summed E-state index contributed by atoms with van der Waals surface area (Å²) in [4.78, 5) is 0. The van der Waals surface area contributed by atoms with Crippen molar-refractivity contribution in [3.8, 4) is 22.3 Å². The maximum absolute atomic E-state index is 6.58. The van der Waals surface area contributed by atoms with Crippen molar-refractivity contribution in [3.05, 3.63) is 166 Å². The maximum Gasteiger partial charge on any atom is -1.00 e. The van der Waals surface area contributed by atoms with E-state index in [1.54, 1.807) is 0 Å². The Hall–Kier alpha value is -3.63. The minimum atomic E-state index is -1.66. The summed E-state index contributed by atoms with van der Waals surface area (Å²) in [5, 5.41) is 0. The van der Waals surface area contributed by atoms with Crippen molar-refractivity contribution in [2.45, 2.75) is 86.4 Å². The Morgan fingerprint density at radius 3 is 1.20 bits per heavy atom. The summed E-state index contributed by atoms with van der Waals surface area (Å²) < 4.78 is 13.8. The van der Waals surface area contributed by atoms with E-state index in [2.05, 4.69) is 177 Å². The van der Waals surface area contributed by atoms with E-state index < -0.39 is 22.9 Å². The van der Waals surface area contributed by atoms with Gasteiger partial charge in [-0.25, -0.2) is 0 Å². The number of furan rings is 2. The van der Waals surface area contributed by atoms with Gasteiger partial charge < -0.3 is 24.8 Å². The maximum atomic E-state index is 6.58. The normalized spacial score (nSPS) is 16.0. The molecule has 55 heavy (non-hydrogen) atoms. The predicted octanol–water partition coefficient (Wildman–Crippen LogP) is 7.91. The third-order valence-electron chi connectivity index (χ3n) is 11.2. The molecule has 2 nitrogen and oxygen atoms in total. The molecule has 8 rings (SSSR count). The van der Waals surface area contributed by atoms with Crippen LogP contribution in [0.2, 0.25) is 0 Å². The summed E-state index contributed by atoms with van der Waals surface area (Å²) in [5.74, 6) is 4.12. The van der Waals surface area contributed by atoms with E-state index in [0.717, 1.165) is 35.9 Å². The zero-order valence-corrected chi connectivity index (χ0v) is 38.3. The van der Waals surface area contributed by atoms with Crippen molar-refractivity contribution in [2.24, 2.45) is 0 Å². The smallest absolute Gasteiger partial charge is 1.00 e. The third kappa shape index (κ3) is 7.87. The number of fused-ring (bicyclic) bond motifs is 2. The molecular weight excluding hydrogens is 882 g/mol. The van der Waals surface area contributed by atoms with Gasteiger partial charge in [-0.2, -0.15) is 0 Å². The standard InChI is InChI=1S/2C25H25O.2ClH.Hf/c2*1-5-21-13-14-24(26-21)19-15-18-7-6-8-22(23(18)16-19)17-9-11-20(12-10-17)25(2,3)4;;;/h2*6-16H,5H2,1-4H3;2*1H;/q;;;;+2/p-2. The Morgan fingerprint density at radius 1 is 0.491 bits per heavy atom. The third-order valence-corrected chi connectivity index (χ3v) is 18.0. The number of benzene rings is 4. The van der Waals surface area contributed by atoms with Gasteiger partial charge in [0.2, 0.25) is 0 Å². The summed E-state index contributed by atoms with van der Waals surface area (Å²) in [6.45, 7) is 18.0. The minimum Gasteiger partial charge on any atom is -1.00 e. The summed E-state index contributed by atoms with van der Waals surface area (Å²) in [5.41, 5.74) is 16.4. The first-order valence-electron chi connectivity index (χ1n) is 19.3. The van der Waals surface area contributed by atoms with Gasteiger partial charge in [-0.1, -0.05) is 0 Å². The largest absolute Gasteiger partial charge is 1.00 e. The van der Waals surface area contributed by atoms with Crippen LogP contribution < -0.4 is 24.8 Å². The summed E-state index contributed by atoms with van der Waals surface area (Å²) >= 11 is -1.66. The second kappa shape index (κ2) is 16.1. The number of halogens is 2. The molecule has 0 amide bonds. The molecule has 0 saturated heterocycles. The summed E-state index contributed by atoms with van der Waals surface area (Å²) in [6.07, 6.45) is 6.71. The van der Waals surface area contributed by atoms with Crippen LogP contribution in [-0.2, 0) is 46.6 Å². The molecule has 280 valence electrons. The second-order valence-electron chi connectivity index (χ2n) is 16.7. The molecular formula is C50H50Cl2HfO2. The molecule has 0 spiro atoms. The molecule has 2 aliphatic carbocycles. The number of rotatable bonds is 8. The molecule has 0 radical (unpaired) electrons. The Bertz CT molecular complexity index is 2190. The molecule has 6 aromatic rings. The average molecular weight is 932 g/mol. The molecule has 2 atom stereocenters. The predicted molar refractivity (Wildman–Crippen MR) is 219 cm³/mol. The van der Waals surface area contributed by atoms with E-state index in [1.807, 2.05) is 0 Å². The molecule has 2 unspecified atom stereocenters. The van der Waals surface area contributed by atoms with Crippen LogP contribution in [0.3, 0.4) is 0 Å². The summed E-state index contributed by atoms with van der Waals surface area (Å²) in [6, 6.07) is 41.2. The first kappa shape index (κ1) is 41.0. The van der Waals surface area contributed by atoms with Crippen LogP contribution in [0.1, 0.15) is 119 Å². The fourth-order valence-corrected chi connectivity index (χ4v) is 15.2. The molecule has 2 aliphatic rings. The Labute approximate surface area is 351 Å². The number of allylic oxidation sites excluding steroid dienone is 2. The van der Waals surface area contributed by atoms with Gasteiger partial charge in [0.25, 0.3) is 0 Å². The minimum absolute atomic E-state index is 0. The van der Waals surface area contributed by atoms with Gasteiger partial charge in [0, 0.05) is 0 Å². The van der Waals surface area contributed by atoms with Gasteiger partial charge in [0.15, 0.2) is 0 Å². The van der Waals surface area contributed by atoms with Crippen molar-refractivity contribution >= 4 is 23.3 Å². The molecule has 5 heteroatoms. The van der Waals surface area contributed by atoms with Crippen molar-refractivity contribution < 1.29 is 56.6 Å². The topological polar surface area (TPSA) is 26.3 Å². The second-order valence-corrected chi connectivity index (χ2v) is 22.1. The van der Waals surface area contributed by atoms with Crippen LogP contribution in [0.25, 0.3) is 45.6 Å². The fraction of sp³-hybridized carbons (Fsp3) is 0.280. The van der Waals surface area contributed by atoms with Gasteiger partial charge in [-0.05, 0) is 0 Å². The zero-order valence-electron chi connectivity index (χ0n) is 33.2. The molecule has 0 bridgehead atoms. The van der Waals surface area contributed by atoms with E-state index in [4.69, 9.17) is 8.83 Å². The number of aryl methyl sites for hydroxylation is 2. The molecule has 2 heterocycles. The molecule has 4 aromatic carbocycles. The molecule has 2 aromatic heterocycles. The fourth-order valence-electron chi connectivity index (χ4n) is 8.01. The molecule has 0 N–H and O–H groups in total. The van der Waals surface area contributed by atoms with E-state index in [-0.39, 0.29) is 35.6 Å². The van der Waals surface area contributed by atoms with Gasteiger partial charge in [0.1, 0.15) is 0 Å². The Balaban J connectivity index is 0.00000257. The van der Waals surface area contributed by atoms with E-state index in [0.29, 0.717) is 7.35 Å². The van der Waals surface area contributed by atoms with Gasteiger partial charge in [-0.3, -0.25) is 0 Å². The number of hydrogen-bond donors (Lipinski definition) is 0. The zero-order chi connectivity index (χ0) is 37.1.